The summed E-state index contributed by atoms with van der Waals surface area (Å²) in [4.78, 5) is 0. The second-order valence-electron chi connectivity index (χ2n) is 7.78. The number of halogens is 4. The molecule has 1 aliphatic carbocycles. The Kier molecular flexibility index (Phi) is 6.74. The molecule has 0 nitrogen and oxygen atoms in total. The van der Waals surface area contributed by atoms with E-state index in [4.69, 9.17) is 0 Å². The van der Waals surface area contributed by atoms with Crippen molar-refractivity contribution in [2.24, 2.45) is 11.8 Å². The molecule has 0 atom stereocenters. The summed E-state index contributed by atoms with van der Waals surface area (Å²) >= 11 is 0. The van der Waals surface area contributed by atoms with Crippen LogP contribution in [-0.2, 0) is 0 Å². The molecule has 0 aromatic heterocycles. The van der Waals surface area contributed by atoms with E-state index in [-0.39, 0.29) is 11.1 Å². The highest BCUT2D eigenvalue weighted by molar-refractivity contribution is 6.53. The molecule has 0 radical (unpaired) electrons. The molecule has 1 fully saturated rings. The van der Waals surface area contributed by atoms with Crippen LogP contribution in [-0.4, -0.2) is 9.52 Å². The number of hydrogen-bond donors (Lipinski definition) is 0. The van der Waals surface area contributed by atoms with Gasteiger partial charge in [0.25, 0.3) is 0 Å². The van der Waals surface area contributed by atoms with Gasteiger partial charge in [-0.15, -0.1) is 0 Å². The van der Waals surface area contributed by atoms with E-state index in [1.807, 2.05) is 6.07 Å². The molecule has 3 rings (SSSR count). The molecule has 27 heavy (non-hydrogen) atoms. The Hall–Kier alpha value is -1.62. The lowest BCUT2D eigenvalue weighted by molar-refractivity contribution is 0.276. The molecule has 1 aliphatic rings. The molecular weight excluding hydrogens is 368 g/mol. The molecule has 0 bridgehead atoms. The Morgan fingerprint density at radius 3 is 2.07 bits per heavy atom. The zero-order valence-corrected chi connectivity index (χ0v) is 17.1. The maximum absolute atomic E-state index is 14.5. The van der Waals surface area contributed by atoms with Crippen LogP contribution in [0.2, 0.25) is 6.04 Å². The van der Waals surface area contributed by atoms with Crippen LogP contribution in [0.25, 0.3) is 11.1 Å². The molecule has 2 aromatic rings. The summed E-state index contributed by atoms with van der Waals surface area (Å²) in [5.41, 5.74) is 0.122. The van der Waals surface area contributed by atoms with Gasteiger partial charge in [-0.2, -0.15) is 0 Å². The molecule has 0 spiro atoms. The van der Waals surface area contributed by atoms with Gasteiger partial charge in [-0.25, -0.2) is 17.6 Å². The lowest BCUT2D eigenvalue weighted by Crippen LogP contribution is -2.21. The van der Waals surface area contributed by atoms with Crippen LogP contribution in [0.15, 0.2) is 30.3 Å². The first-order valence-electron chi connectivity index (χ1n) is 9.91. The minimum atomic E-state index is -1.53. The SMILES string of the molecule is CCCC1CCC(C[SiH2]c2ccc(-c3cc(F)c(F)c(F)c3)c(F)c2)CC1. The lowest BCUT2D eigenvalue weighted by Gasteiger charge is -2.28. The van der Waals surface area contributed by atoms with Gasteiger partial charge in [0.15, 0.2) is 17.5 Å². The van der Waals surface area contributed by atoms with Crippen molar-refractivity contribution < 1.29 is 17.6 Å². The van der Waals surface area contributed by atoms with E-state index < -0.39 is 32.8 Å². The second kappa shape index (κ2) is 9.05. The number of rotatable bonds is 6. The maximum Gasteiger partial charge on any atom is 0.194 e. The van der Waals surface area contributed by atoms with Gasteiger partial charge >= 0.3 is 0 Å². The van der Waals surface area contributed by atoms with Crippen LogP contribution >= 0.6 is 0 Å². The lowest BCUT2D eigenvalue weighted by atomic mass is 9.81. The van der Waals surface area contributed by atoms with E-state index in [2.05, 4.69) is 6.92 Å². The first-order valence-corrected chi connectivity index (χ1v) is 11.6. The Morgan fingerprint density at radius 2 is 1.48 bits per heavy atom. The van der Waals surface area contributed by atoms with Crippen molar-refractivity contribution in [3.8, 4) is 11.1 Å². The van der Waals surface area contributed by atoms with E-state index in [1.54, 1.807) is 6.07 Å². The van der Waals surface area contributed by atoms with Crippen molar-refractivity contribution in [1.29, 1.82) is 0 Å². The quantitative estimate of drug-likeness (QED) is 0.333. The number of hydrogen-bond acceptors (Lipinski definition) is 0. The smallest absolute Gasteiger partial charge is 0.194 e. The monoisotopic (exact) mass is 394 g/mol. The summed E-state index contributed by atoms with van der Waals surface area (Å²) in [5, 5.41) is 1.02. The molecule has 0 N–H and O–H groups in total. The highest BCUT2D eigenvalue weighted by Crippen LogP contribution is 2.33. The Morgan fingerprint density at radius 1 is 0.852 bits per heavy atom. The third-order valence-corrected chi connectivity index (χ3v) is 7.96. The molecule has 0 aliphatic heterocycles. The predicted octanol–water partition coefficient (Wildman–Crippen LogP) is 5.73. The maximum atomic E-state index is 14.5. The largest absolute Gasteiger partial charge is 0.206 e. The third-order valence-electron chi connectivity index (χ3n) is 5.83. The van der Waals surface area contributed by atoms with Gasteiger partial charge in [-0.1, -0.05) is 68.8 Å². The first kappa shape index (κ1) is 20.1. The predicted molar refractivity (Wildman–Crippen MR) is 105 cm³/mol. The van der Waals surface area contributed by atoms with E-state index in [0.717, 1.165) is 29.2 Å². The Bertz CT molecular complexity index is 759. The summed E-state index contributed by atoms with van der Waals surface area (Å²) in [6.45, 7) is 2.24. The molecule has 2 aromatic carbocycles. The summed E-state index contributed by atoms with van der Waals surface area (Å²) in [6.07, 6.45) is 7.81. The molecule has 146 valence electrons. The first-order chi connectivity index (χ1) is 13.0. The Labute approximate surface area is 160 Å². The van der Waals surface area contributed by atoms with Crippen LogP contribution < -0.4 is 5.19 Å². The van der Waals surface area contributed by atoms with Crippen LogP contribution in [0.5, 0.6) is 0 Å². The average molecular weight is 395 g/mol. The molecule has 5 heteroatoms. The summed E-state index contributed by atoms with van der Waals surface area (Å²) < 4.78 is 54.4. The highest BCUT2D eigenvalue weighted by Gasteiger charge is 2.20. The van der Waals surface area contributed by atoms with Crippen LogP contribution in [0.3, 0.4) is 0 Å². The van der Waals surface area contributed by atoms with E-state index in [1.165, 1.54) is 50.6 Å². The molecule has 0 heterocycles. The van der Waals surface area contributed by atoms with Gasteiger partial charge in [-0.05, 0) is 35.6 Å². The standard InChI is InChI=1S/C22H26F4Si/c1-2-3-14-4-6-15(7-5-14)13-27-17-8-9-18(19(23)12-17)16-10-20(24)22(26)21(25)11-16/h8-12,14-15H,2-7,13,27H2,1H3. The van der Waals surface area contributed by atoms with Crippen LogP contribution in [0.1, 0.15) is 45.4 Å². The van der Waals surface area contributed by atoms with Crippen molar-refractivity contribution >= 4 is 14.7 Å². The van der Waals surface area contributed by atoms with Crippen molar-refractivity contribution in [3.05, 3.63) is 53.6 Å². The fourth-order valence-corrected chi connectivity index (χ4v) is 6.17. The molecule has 1 saturated carbocycles. The number of benzene rings is 2. The summed E-state index contributed by atoms with van der Waals surface area (Å²) in [5.74, 6) is -2.99. The van der Waals surface area contributed by atoms with Gasteiger partial charge in [0.05, 0.1) is 9.52 Å². The second-order valence-corrected chi connectivity index (χ2v) is 9.68. The van der Waals surface area contributed by atoms with Gasteiger partial charge in [-0.3, -0.25) is 0 Å². The topological polar surface area (TPSA) is 0 Å². The summed E-state index contributed by atoms with van der Waals surface area (Å²) in [7, 11) is -0.572. The zero-order chi connectivity index (χ0) is 19.4. The van der Waals surface area contributed by atoms with E-state index >= 15 is 0 Å². The van der Waals surface area contributed by atoms with E-state index in [0.29, 0.717) is 0 Å². The van der Waals surface area contributed by atoms with Gasteiger partial charge in [0.2, 0.25) is 0 Å². The highest BCUT2D eigenvalue weighted by atomic mass is 28.2. The van der Waals surface area contributed by atoms with Crippen LogP contribution in [0, 0.1) is 35.1 Å². The normalized spacial score (nSPS) is 20.5. The zero-order valence-electron chi connectivity index (χ0n) is 15.7. The molecule has 0 saturated heterocycles. The van der Waals surface area contributed by atoms with Gasteiger partial charge in [0, 0.05) is 5.56 Å². The average Bonchev–Trinajstić information content (AvgIpc) is 2.65. The van der Waals surface area contributed by atoms with Crippen molar-refractivity contribution in [2.75, 3.05) is 0 Å². The summed E-state index contributed by atoms with van der Waals surface area (Å²) in [6, 6.07) is 7.75. The molecular formula is C22H26F4Si. The van der Waals surface area contributed by atoms with Crippen molar-refractivity contribution in [3.63, 3.8) is 0 Å². The van der Waals surface area contributed by atoms with Crippen LogP contribution in [0.4, 0.5) is 17.6 Å². The van der Waals surface area contributed by atoms with Gasteiger partial charge in [0.1, 0.15) is 5.82 Å². The van der Waals surface area contributed by atoms with Crippen molar-refractivity contribution in [1.82, 2.24) is 0 Å². The van der Waals surface area contributed by atoms with E-state index in [9.17, 15) is 17.6 Å². The minimum absolute atomic E-state index is 0.0198. The molecule has 0 unspecified atom stereocenters. The fourth-order valence-electron chi connectivity index (χ4n) is 4.25. The molecule has 0 amide bonds. The van der Waals surface area contributed by atoms with Gasteiger partial charge < -0.3 is 0 Å². The third kappa shape index (κ3) is 5.01. The fraction of sp³-hybridized carbons (Fsp3) is 0.455. The minimum Gasteiger partial charge on any atom is -0.206 e. The van der Waals surface area contributed by atoms with Crippen molar-refractivity contribution in [2.45, 2.75) is 51.5 Å². The Balaban J connectivity index is 1.62.